The summed E-state index contributed by atoms with van der Waals surface area (Å²) in [5.41, 5.74) is -0.813. The van der Waals surface area contributed by atoms with E-state index >= 15 is 0 Å². The summed E-state index contributed by atoms with van der Waals surface area (Å²) >= 11 is 0. The lowest BCUT2D eigenvalue weighted by Crippen LogP contribution is -2.27. The van der Waals surface area contributed by atoms with Crippen molar-refractivity contribution in [1.82, 2.24) is 8.97 Å². The Hall–Kier alpha value is -3.35. The van der Waals surface area contributed by atoms with Crippen molar-refractivity contribution in [2.24, 2.45) is 0 Å². The fourth-order valence-electron chi connectivity index (χ4n) is 2.72. The zero-order valence-electron chi connectivity index (χ0n) is 14.2. The van der Waals surface area contributed by atoms with E-state index in [1.54, 1.807) is 12.4 Å². The molecule has 0 amide bonds. The molecule has 0 fully saturated rings. The topological polar surface area (TPSA) is 90.0 Å². The van der Waals surface area contributed by atoms with Crippen molar-refractivity contribution in [2.45, 2.75) is 26.5 Å². The van der Waals surface area contributed by atoms with Crippen molar-refractivity contribution in [3.05, 3.63) is 80.6 Å². The fourth-order valence-corrected chi connectivity index (χ4v) is 2.72. The van der Waals surface area contributed by atoms with Crippen LogP contribution in [0.5, 0.6) is 5.75 Å². The predicted octanol–water partition coefficient (Wildman–Crippen LogP) is 2.15. The lowest BCUT2D eigenvalue weighted by molar-refractivity contribution is 0.0694. The Bertz CT molecular complexity index is 1070. The molecular formula is C19H18N2O5. The second-order valence-corrected chi connectivity index (χ2v) is 5.83. The highest BCUT2D eigenvalue weighted by atomic mass is 16.5. The molecular weight excluding hydrogens is 336 g/mol. The van der Waals surface area contributed by atoms with Crippen LogP contribution in [-0.2, 0) is 13.2 Å². The molecule has 0 aliphatic rings. The highest BCUT2D eigenvalue weighted by molar-refractivity contribution is 5.88. The van der Waals surface area contributed by atoms with Crippen LogP contribution in [0, 0.1) is 0 Å². The molecule has 2 aromatic heterocycles. The van der Waals surface area contributed by atoms with Gasteiger partial charge in [0.2, 0.25) is 5.43 Å². The number of rotatable bonds is 6. The number of benzene rings is 1. The molecule has 2 heterocycles. The molecule has 7 nitrogen and oxygen atoms in total. The number of nitrogens with zero attached hydrogens (tertiary/aromatic N) is 2. The Morgan fingerprint density at radius 3 is 2.54 bits per heavy atom. The number of pyridine rings is 1. The highest BCUT2D eigenvalue weighted by Gasteiger charge is 2.20. The van der Waals surface area contributed by atoms with Crippen LogP contribution in [0.2, 0.25) is 0 Å². The summed E-state index contributed by atoms with van der Waals surface area (Å²) in [6, 6.07) is 9.13. The maximum Gasteiger partial charge on any atom is 0.341 e. The van der Waals surface area contributed by atoms with Gasteiger partial charge in [0.15, 0.2) is 11.3 Å². The number of carbonyl (C=O) groups is 1. The van der Waals surface area contributed by atoms with Gasteiger partial charge in [0.1, 0.15) is 12.2 Å². The minimum Gasteiger partial charge on any atom is -0.483 e. The number of hydrogen-bond acceptors (Lipinski definition) is 4. The van der Waals surface area contributed by atoms with E-state index in [9.17, 15) is 19.5 Å². The van der Waals surface area contributed by atoms with Crippen molar-refractivity contribution in [2.75, 3.05) is 0 Å². The SMILES string of the molecule is CCCn1ccn2cc(C(=O)O)c(=O)c(OCc3ccccc3)c2c1=O. The van der Waals surface area contributed by atoms with Crippen molar-refractivity contribution >= 4 is 11.5 Å². The van der Waals surface area contributed by atoms with Gasteiger partial charge in [0, 0.05) is 25.1 Å². The van der Waals surface area contributed by atoms with Gasteiger partial charge in [-0.3, -0.25) is 9.59 Å². The average Bonchev–Trinajstić information content (AvgIpc) is 2.64. The van der Waals surface area contributed by atoms with Gasteiger partial charge in [-0.2, -0.15) is 0 Å². The lowest BCUT2D eigenvalue weighted by atomic mass is 10.2. The smallest absolute Gasteiger partial charge is 0.341 e. The average molecular weight is 354 g/mol. The first-order valence-corrected chi connectivity index (χ1v) is 8.21. The molecule has 26 heavy (non-hydrogen) atoms. The number of aryl methyl sites for hydroxylation is 1. The van der Waals surface area contributed by atoms with Gasteiger partial charge in [-0.05, 0) is 12.0 Å². The highest BCUT2D eigenvalue weighted by Crippen LogP contribution is 2.15. The minimum atomic E-state index is -1.37. The molecule has 0 aliphatic carbocycles. The van der Waals surface area contributed by atoms with Crippen molar-refractivity contribution < 1.29 is 14.6 Å². The van der Waals surface area contributed by atoms with Crippen LogP contribution in [0.3, 0.4) is 0 Å². The molecule has 7 heteroatoms. The first-order chi connectivity index (χ1) is 12.5. The third-order valence-electron chi connectivity index (χ3n) is 3.98. The van der Waals surface area contributed by atoms with Crippen molar-refractivity contribution in [3.63, 3.8) is 0 Å². The summed E-state index contributed by atoms with van der Waals surface area (Å²) in [4.78, 5) is 36.8. The van der Waals surface area contributed by atoms with Gasteiger partial charge < -0.3 is 18.8 Å². The van der Waals surface area contributed by atoms with Gasteiger partial charge in [0.05, 0.1) is 0 Å². The van der Waals surface area contributed by atoms with Crippen LogP contribution in [0.1, 0.15) is 29.3 Å². The van der Waals surface area contributed by atoms with E-state index in [2.05, 4.69) is 0 Å². The maximum absolute atomic E-state index is 12.8. The molecule has 0 unspecified atom stereocenters. The first kappa shape index (κ1) is 17.5. The fraction of sp³-hybridized carbons (Fsp3) is 0.211. The molecule has 0 radical (unpaired) electrons. The Labute approximate surface area is 148 Å². The number of aromatic carboxylic acids is 1. The van der Waals surface area contributed by atoms with Gasteiger partial charge in [-0.15, -0.1) is 0 Å². The van der Waals surface area contributed by atoms with E-state index < -0.39 is 22.5 Å². The second kappa shape index (κ2) is 7.26. The van der Waals surface area contributed by atoms with E-state index in [1.807, 2.05) is 37.3 Å². The normalized spacial score (nSPS) is 10.8. The standard InChI is InChI=1S/C19H18N2O5/c1-2-8-20-9-10-21-11-14(19(24)25)16(22)17(15(21)18(20)23)26-12-13-6-4-3-5-7-13/h3-7,9-11H,2,8,12H2,1H3,(H,24,25). The van der Waals surface area contributed by atoms with Gasteiger partial charge in [0.25, 0.3) is 5.56 Å². The molecule has 0 atom stereocenters. The molecule has 0 saturated heterocycles. The van der Waals surface area contributed by atoms with Crippen LogP contribution in [0.15, 0.2) is 58.5 Å². The molecule has 0 bridgehead atoms. The molecule has 3 rings (SSSR count). The van der Waals surface area contributed by atoms with E-state index in [-0.39, 0.29) is 17.9 Å². The summed E-state index contributed by atoms with van der Waals surface area (Å²) in [6.07, 6.45) is 5.00. The second-order valence-electron chi connectivity index (χ2n) is 5.83. The Kier molecular flexibility index (Phi) is 4.88. The largest absolute Gasteiger partial charge is 0.483 e. The van der Waals surface area contributed by atoms with E-state index in [0.29, 0.717) is 6.54 Å². The van der Waals surface area contributed by atoms with E-state index in [0.717, 1.165) is 18.2 Å². The van der Waals surface area contributed by atoms with Gasteiger partial charge >= 0.3 is 5.97 Å². The molecule has 1 aromatic carbocycles. The van der Waals surface area contributed by atoms with E-state index in [1.165, 1.54) is 8.97 Å². The zero-order valence-corrected chi connectivity index (χ0v) is 14.2. The molecule has 3 aromatic rings. The monoisotopic (exact) mass is 354 g/mol. The molecule has 0 spiro atoms. The van der Waals surface area contributed by atoms with Crippen LogP contribution >= 0.6 is 0 Å². The lowest BCUT2D eigenvalue weighted by Gasteiger charge is -2.13. The summed E-state index contributed by atoms with van der Waals surface area (Å²) in [7, 11) is 0. The van der Waals surface area contributed by atoms with E-state index in [4.69, 9.17) is 4.74 Å². The third kappa shape index (κ3) is 3.23. The number of carboxylic acids is 1. The number of aromatic nitrogens is 2. The van der Waals surface area contributed by atoms with Crippen LogP contribution in [0.25, 0.3) is 5.52 Å². The summed E-state index contributed by atoms with van der Waals surface area (Å²) in [6.45, 7) is 2.47. The number of hydrogen-bond donors (Lipinski definition) is 1. The summed E-state index contributed by atoms with van der Waals surface area (Å²) < 4.78 is 8.44. The Morgan fingerprint density at radius 2 is 1.88 bits per heavy atom. The van der Waals surface area contributed by atoms with Crippen LogP contribution in [-0.4, -0.2) is 20.0 Å². The van der Waals surface area contributed by atoms with Gasteiger partial charge in [-0.25, -0.2) is 4.79 Å². The minimum absolute atomic E-state index is 0.0341. The Balaban J connectivity index is 2.20. The quantitative estimate of drug-likeness (QED) is 0.732. The third-order valence-corrected chi connectivity index (χ3v) is 3.98. The molecule has 134 valence electrons. The maximum atomic E-state index is 12.8. The number of ether oxygens (including phenoxy) is 1. The van der Waals surface area contributed by atoms with Gasteiger partial charge in [-0.1, -0.05) is 37.3 Å². The molecule has 0 aliphatic heterocycles. The first-order valence-electron chi connectivity index (χ1n) is 8.21. The van der Waals surface area contributed by atoms with Crippen LogP contribution < -0.4 is 15.7 Å². The number of fused-ring (bicyclic) bond motifs is 1. The van der Waals surface area contributed by atoms with Crippen molar-refractivity contribution in [3.8, 4) is 5.75 Å². The van der Waals surface area contributed by atoms with Crippen LogP contribution in [0.4, 0.5) is 0 Å². The Morgan fingerprint density at radius 1 is 1.15 bits per heavy atom. The molecule has 0 saturated carbocycles. The molecule has 1 N–H and O–H groups in total. The van der Waals surface area contributed by atoms with Crippen molar-refractivity contribution in [1.29, 1.82) is 0 Å². The summed E-state index contributed by atoms with van der Waals surface area (Å²) in [5, 5.41) is 9.29. The predicted molar refractivity (Wildman–Crippen MR) is 96.0 cm³/mol. The summed E-state index contributed by atoms with van der Waals surface area (Å²) in [5.74, 6) is -1.61. The zero-order chi connectivity index (χ0) is 18.7. The number of carboxylic acid groups (broad SMARTS) is 1.